The SMILES string of the molecule is CCN(c1ncnc2sc(CC(F)(F)F)cc12)[C@@H]1CC[C@H](NC(=O)OC(C)(C)C)C1.CCN[C@@H]1CC[C@H](NC(=O)OC(C)(C)C)C1.FC(F)(F)Cc1cc2c(Cl)ncnc2s1. The van der Waals surface area contributed by atoms with Crippen LogP contribution in [0.5, 0.6) is 0 Å². The lowest BCUT2D eigenvalue weighted by molar-refractivity contribution is -0.127. The van der Waals surface area contributed by atoms with Crippen molar-refractivity contribution in [2.45, 2.75) is 154 Å². The third-order valence-corrected chi connectivity index (χ3v) is 11.7. The van der Waals surface area contributed by atoms with Gasteiger partial charge in [-0.05, 0) is 106 Å². The number of fused-ring (bicyclic) bond motifs is 2. The highest BCUT2D eigenvalue weighted by Crippen LogP contribution is 2.37. The number of alkyl halides is 6. The van der Waals surface area contributed by atoms with Gasteiger partial charge >= 0.3 is 24.5 Å². The van der Waals surface area contributed by atoms with Gasteiger partial charge in [0.1, 0.15) is 44.5 Å². The van der Waals surface area contributed by atoms with Crippen LogP contribution >= 0.6 is 34.3 Å². The highest BCUT2D eigenvalue weighted by Gasteiger charge is 2.34. The van der Waals surface area contributed by atoms with Crippen LogP contribution in [-0.2, 0) is 22.3 Å². The van der Waals surface area contributed by atoms with Gasteiger partial charge in [0.2, 0.25) is 0 Å². The summed E-state index contributed by atoms with van der Waals surface area (Å²) in [5.74, 6) is 0.648. The van der Waals surface area contributed by atoms with Gasteiger partial charge in [-0.2, -0.15) is 26.3 Å². The molecule has 0 spiro atoms. The van der Waals surface area contributed by atoms with Crippen LogP contribution in [0.4, 0.5) is 41.7 Å². The number of aromatic nitrogens is 4. The number of nitrogens with one attached hydrogen (secondary N) is 3. The van der Waals surface area contributed by atoms with E-state index in [0.29, 0.717) is 38.8 Å². The lowest BCUT2D eigenvalue weighted by Gasteiger charge is -2.29. The molecule has 3 N–H and O–H groups in total. The largest absolute Gasteiger partial charge is 0.444 e. The fraction of sp³-hybridized carbons (Fsp3) is 0.650. The number of carbonyl (C=O) groups excluding carboxylic acids is 2. The van der Waals surface area contributed by atoms with E-state index in [9.17, 15) is 35.9 Å². The van der Waals surface area contributed by atoms with Crippen molar-refractivity contribution < 1.29 is 45.4 Å². The third-order valence-electron chi connectivity index (χ3n) is 9.27. The average molecular weight is 926 g/mol. The van der Waals surface area contributed by atoms with Gasteiger partial charge in [0.05, 0.1) is 18.2 Å². The number of hydrogen-bond acceptors (Lipinski definition) is 12. The molecule has 2 fully saturated rings. The van der Waals surface area contributed by atoms with Gasteiger partial charge < -0.3 is 30.3 Å². The van der Waals surface area contributed by atoms with Gasteiger partial charge in [-0.1, -0.05) is 18.5 Å². The summed E-state index contributed by atoms with van der Waals surface area (Å²) in [6, 6.07) is 3.86. The van der Waals surface area contributed by atoms with E-state index in [1.54, 1.807) is 6.07 Å². The predicted octanol–water partition coefficient (Wildman–Crippen LogP) is 10.6. The number of amides is 2. The molecule has 6 rings (SSSR count). The Morgan fingerprint density at radius 1 is 0.721 bits per heavy atom. The van der Waals surface area contributed by atoms with Gasteiger partial charge in [0.25, 0.3) is 0 Å². The smallest absolute Gasteiger partial charge is 0.407 e. The Labute approximate surface area is 364 Å². The maximum atomic E-state index is 12.8. The number of ether oxygens (including phenoxy) is 2. The second kappa shape index (κ2) is 21.1. The first-order valence-corrected chi connectivity index (χ1v) is 22.1. The highest BCUT2D eigenvalue weighted by molar-refractivity contribution is 7.19. The minimum absolute atomic E-state index is 0.0144. The minimum atomic E-state index is -4.26. The summed E-state index contributed by atoms with van der Waals surface area (Å²) in [6.45, 7) is 16.8. The molecule has 0 aromatic carbocycles. The van der Waals surface area contributed by atoms with Crippen LogP contribution in [0.15, 0.2) is 24.8 Å². The zero-order chi connectivity index (χ0) is 45.3. The number of thiophene rings is 2. The Morgan fingerprint density at radius 2 is 1.20 bits per heavy atom. The molecule has 2 saturated carbocycles. The zero-order valence-electron chi connectivity index (χ0n) is 35.5. The monoisotopic (exact) mass is 924 g/mol. The van der Waals surface area contributed by atoms with Crippen LogP contribution < -0.4 is 20.9 Å². The van der Waals surface area contributed by atoms with Crippen molar-refractivity contribution >= 4 is 72.7 Å². The lowest BCUT2D eigenvalue weighted by Crippen LogP contribution is -2.40. The van der Waals surface area contributed by atoms with Crippen molar-refractivity contribution in [2.75, 3.05) is 18.0 Å². The number of alkyl carbamates (subject to hydrolysis) is 2. The molecule has 61 heavy (non-hydrogen) atoms. The molecular formula is C40H55ClF6N8O4S2. The van der Waals surface area contributed by atoms with Crippen LogP contribution in [0, 0.1) is 0 Å². The van der Waals surface area contributed by atoms with E-state index in [1.807, 2.05) is 48.5 Å². The topological polar surface area (TPSA) is 143 Å². The second-order valence-corrected chi connectivity index (χ2v) is 19.4. The van der Waals surface area contributed by atoms with Gasteiger partial charge in [-0.3, -0.25) is 0 Å². The summed E-state index contributed by atoms with van der Waals surface area (Å²) in [5, 5.41) is 10.6. The molecular weight excluding hydrogens is 870 g/mol. The maximum absolute atomic E-state index is 12.8. The van der Waals surface area contributed by atoms with Gasteiger partial charge in [-0.15, -0.1) is 22.7 Å². The normalized spacial score (nSPS) is 19.5. The molecule has 0 bridgehead atoms. The fourth-order valence-electron chi connectivity index (χ4n) is 7.06. The molecule has 340 valence electrons. The summed E-state index contributed by atoms with van der Waals surface area (Å²) in [4.78, 5) is 43.3. The van der Waals surface area contributed by atoms with Crippen molar-refractivity contribution in [1.29, 1.82) is 0 Å². The number of hydrogen-bond donors (Lipinski definition) is 3. The minimum Gasteiger partial charge on any atom is -0.444 e. The van der Waals surface area contributed by atoms with Crippen LogP contribution in [-0.4, -0.2) is 92.9 Å². The van der Waals surface area contributed by atoms with E-state index in [4.69, 9.17) is 21.1 Å². The Bertz CT molecular complexity index is 2050. The van der Waals surface area contributed by atoms with Gasteiger partial charge in [0.15, 0.2) is 0 Å². The molecule has 4 aromatic heterocycles. The zero-order valence-corrected chi connectivity index (χ0v) is 37.9. The first kappa shape index (κ1) is 49.9. The van der Waals surface area contributed by atoms with E-state index in [2.05, 4.69) is 47.7 Å². The highest BCUT2D eigenvalue weighted by atomic mass is 35.5. The summed E-state index contributed by atoms with van der Waals surface area (Å²) < 4.78 is 85.3. The third kappa shape index (κ3) is 16.8. The van der Waals surface area contributed by atoms with Gasteiger partial charge in [0, 0.05) is 45.9 Å². The summed E-state index contributed by atoms with van der Waals surface area (Å²) in [6.07, 6.45) is -2.93. The molecule has 0 aliphatic heterocycles. The molecule has 2 aliphatic rings. The van der Waals surface area contributed by atoms with E-state index in [-0.39, 0.29) is 39.1 Å². The van der Waals surface area contributed by atoms with Crippen LogP contribution in [0.2, 0.25) is 5.15 Å². The fourth-order valence-corrected chi connectivity index (χ4v) is 9.35. The average Bonchev–Trinajstić information content (AvgIpc) is 3.91. The molecule has 4 aromatic rings. The molecule has 2 amide bonds. The van der Waals surface area contributed by atoms with E-state index >= 15 is 0 Å². The predicted molar refractivity (Wildman–Crippen MR) is 228 cm³/mol. The number of carbonyl (C=O) groups is 2. The molecule has 0 unspecified atom stereocenters. The molecule has 4 atom stereocenters. The first-order valence-electron chi connectivity index (χ1n) is 20.1. The van der Waals surface area contributed by atoms with E-state index in [1.165, 1.54) is 18.7 Å². The second-order valence-electron chi connectivity index (χ2n) is 16.8. The quantitative estimate of drug-likeness (QED) is 0.110. The molecule has 0 radical (unpaired) electrons. The van der Waals surface area contributed by atoms with Crippen LogP contribution in [0.3, 0.4) is 0 Å². The van der Waals surface area contributed by atoms with E-state index < -0.39 is 42.5 Å². The molecule has 4 heterocycles. The van der Waals surface area contributed by atoms with Crippen molar-refractivity contribution in [1.82, 2.24) is 35.9 Å². The Balaban J connectivity index is 0.000000222. The van der Waals surface area contributed by atoms with Crippen molar-refractivity contribution in [3.63, 3.8) is 0 Å². The van der Waals surface area contributed by atoms with Crippen LogP contribution in [0.1, 0.15) is 104 Å². The molecule has 12 nitrogen and oxygen atoms in total. The Morgan fingerprint density at radius 3 is 1.69 bits per heavy atom. The summed E-state index contributed by atoms with van der Waals surface area (Å²) >= 11 is 7.75. The standard InChI is InChI=1S/C20H27F3N4O2S.C12H24N2O2.C8H4ClF3N2S/c1-5-27(13-7-6-12(8-13)26-18(28)29-19(2,3)4)16-15-9-14(10-20(21,22)23)30-17(15)25-11-24-16;1-5-13-9-6-7-10(8-9)14-11(15)16-12(2,3)4;9-6-5-1-4(2-8(10,11)12)15-7(5)14-3-13-6/h9,11-13H,5-8,10H2,1-4H3,(H,26,28);9-10,13H,5-8H2,1-4H3,(H,14,15);1,3H,2H2/t12-,13+;9-,10+;/m01./s1. The van der Waals surface area contributed by atoms with Gasteiger partial charge in [-0.25, -0.2) is 29.5 Å². The number of anilines is 1. The lowest BCUT2D eigenvalue weighted by atomic mass is 10.2. The number of nitrogens with zero attached hydrogens (tertiary/aromatic N) is 5. The van der Waals surface area contributed by atoms with Crippen molar-refractivity contribution in [3.05, 3.63) is 39.7 Å². The van der Waals surface area contributed by atoms with Crippen molar-refractivity contribution in [3.8, 4) is 0 Å². The maximum Gasteiger partial charge on any atom is 0.407 e. The number of halogens is 7. The molecule has 2 aliphatic carbocycles. The van der Waals surface area contributed by atoms with Crippen molar-refractivity contribution in [2.24, 2.45) is 0 Å². The summed E-state index contributed by atoms with van der Waals surface area (Å²) in [5.41, 5.74) is -0.971. The first-order chi connectivity index (χ1) is 28.3. The molecule has 0 saturated heterocycles. The number of rotatable bonds is 9. The molecule has 21 heteroatoms. The summed E-state index contributed by atoms with van der Waals surface area (Å²) in [7, 11) is 0. The van der Waals surface area contributed by atoms with Crippen LogP contribution in [0.25, 0.3) is 20.4 Å². The van der Waals surface area contributed by atoms with E-state index in [0.717, 1.165) is 67.7 Å². The Hall–Kier alpha value is -3.75. The Kier molecular flexibility index (Phi) is 17.2.